The first-order valence-electron chi connectivity index (χ1n) is 29.3. The van der Waals surface area contributed by atoms with Crippen molar-refractivity contribution in [2.75, 3.05) is 13.2 Å². The van der Waals surface area contributed by atoms with Crippen LogP contribution in [-0.4, -0.2) is 37.2 Å². The fourth-order valence-corrected chi connectivity index (χ4v) is 8.30. The maximum Gasteiger partial charge on any atom is 0.306 e. The van der Waals surface area contributed by atoms with Crippen LogP contribution in [0.4, 0.5) is 0 Å². The molecule has 0 aliphatic carbocycles. The first-order valence-corrected chi connectivity index (χ1v) is 29.3. The molecule has 0 aliphatic heterocycles. The molecular weight excluding hydrogens is 841 g/mol. The molecule has 0 fully saturated rings. The van der Waals surface area contributed by atoms with Gasteiger partial charge in [0.15, 0.2) is 6.10 Å². The van der Waals surface area contributed by atoms with E-state index < -0.39 is 6.10 Å². The summed E-state index contributed by atoms with van der Waals surface area (Å²) in [6.07, 6.45) is 70.6. The first-order chi connectivity index (χ1) is 33.5. The molecule has 0 rings (SSSR count). The van der Waals surface area contributed by atoms with E-state index >= 15 is 0 Å². The fourth-order valence-electron chi connectivity index (χ4n) is 8.30. The van der Waals surface area contributed by atoms with Crippen molar-refractivity contribution < 1.29 is 28.6 Å². The van der Waals surface area contributed by atoms with Gasteiger partial charge >= 0.3 is 17.9 Å². The Hall–Kier alpha value is -2.89. The average molecular weight is 952 g/mol. The summed E-state index contributed by atoms with van der Waals surface area (Å²) < 4.78 is 16.9. The number of hydrogen-bond acceptors (Lipinski definition) is 6. The van der Waals surface area contributed by atoms with Crippen LogP contribution >= 0.6 is 0 Å². The Balaban J connectivity index is 4.37. The zero-order chi connectivity index (χ0) is 49.3. The van der Waals surface area contributed by atoms with Crippen molar-refractivity contribution in [1.29, 1.82) is 0 Å². The Labute approximate surface area is 421 Å². The third kappa shape index (κ3) is 54.1. The highest BCUT2D eigenvalue weighted by Crippen LogP contribution is 2.15. The maximum absolute atomic E-state index is 12.9. The van der Waals surface area contributed by atoms with E-state index in [4.69, 9.17) is 14.2 Å². The fraction of sp³-hybridized carbons (Fsp3) is 0.790. The van der Waals surface area contributed by atoms with Gasteiger partial charge in [-0.2, -0.15) is 0 Å². The number of carbonyl (C=O) groups excluding carboxylic acids is 3. The molecule has 0 aliphatic rings. The van der Waals surface area contributed by atoms with Gasteiger partial charge in [0.05, 0.1) is 0 Å². The van der Waals surface area contributed by atoms with Gasteiger partial charge in [0.25, 0.3) is 0 Å². The van der Waals surface area contributed by atoms with Gasteiger partial charge in [-0.25, -0.2) is 0 Å². The molecule has 0 N–H and O–H groups in total. The van der Waals surface area contributed by atoms with Gasteiger partial charge in [0.2, 0.25) is 0 Å². The second kappa shape index (κ2) is 56.7. The number of hydrogen-bond donors (Lipinski definition) is 0. The summed E-state index contributed by atoms with van der Waals surface area (Å²) in [4.78, 5) is 38.1. The Morgan fingerprint density at radius 2 is 0.529 bits per heavy atom. The normalized spacial score (nSPS) is 12.5. The molecule has 6 nitrogen and oxygen atoms in total. The highest BCUT2D eigenvalue weighted by Gasteiger charge is 2.19. The van der Waals surface area contributed by atoms with E-state index in [0.29, 0.717) is 19.3 Å². The van der Waals surface area contributed by atoms with Crippen LogP contribution in [0.1, 0.15) is 297 Å². The van der Waals surface area contributed by atoms with Crippen molar-refractivity contribution in [1.82, 2.24) is 0 Å². The van der Waals surface area contributed by atoms with Gasteiger partial charge in [0.1, 0.15) is 13.2 Å². The van der Waals surface area contributed by atoms with Crippen LogP contribution in [0.5, 0.6) is 0 Å². The molecule has 68 heavy (non-hydrogen) atoms. The molecule has 1 atom stereocenters. The van der Waals surface area contributed by atoms with Crippen molar-refractivity contribution >= 4 is 17.9 Å². The molecule has 0 saturated heterocycles. The lowest BCUT2D eigenvalue weighted by atomic mass is 10.0. The van der Waals surface area contributed by atoms with Crippen LogP contribution < -0.4 is 0 Å². The largest absolute Gasteiger partial charge is 0.462 e. The van der Waals surface area contributed by atoms with Crippen molar-refractivity contribution in [3.8, 4) is 0 Å². The lowest BCUT2D eigenvalue weighted by molar-refractivity contribution is -0.167. The van der Waals surface area contributed by atoms with Crippen LogP contribution in [0.25, 0.3) is 0 Å². The van der Waals surface area contributed by atoms with E-state index in [0.717, 1.165) is 89.9 Å². The Morgan fingerprint density at radius 1 is 0.294 bits per heavy atom. The van der Waals surface area contributed by atoms with Gasteiger partial charge < -0.3 is 14.2 Å². The first kappa shape index (κ1) is 65.1. The van der Waals surface area contributed by atoms with Gasteiger partial charge in [-0.3, -0.25) is 14.4 Å². The van der Waals surface area contributed by atoms with Gasteiger partial charge in [-0.15, -0.1) is 0 Å². The minimum atomic E-state index is -0.782. The monoisotopic (exact) mass is 951 g/mol. The average Bonchev–Trinajstić information content (AvgIpc) is 3.34. The Kier molecular flexibility index (Phi) is 54.3. The molecule has 0 aromatic heterocycles. The smallest absolute Gasteiger partial charge is 0.306 e. The minimum Gasteiger partial charge on any atom is -0.462 e. The summed E-state index contributed by atoms with van der Waals surface area (Å²) in [6, 6.07) is 0. The van der Waals surface area contributed by atoms with E-state index in [1.807, 2.05) is 0 Å². The number of unbranched alkanes of at least 4 members (excludes halogenated alkanes) is 32. The molecule has 0 aromatic rings. The topological polar surface area (TPSA) is 78.9 Å². The molecule has 1 unspecified atom stereocenters. The summed E-state index contributed by atoms with van der Waals surface area (Å²) in [5, 5.41) is 0. The molecule has 0 heterocycles. The van der Waals surface area contributed by atoms with E-state index in [1.165, 1.54) is 167 Å². The predicted octanol–water partition coefficient (Wildman–Crippen LogP) is 19.6. The SMILES string of the molecule is CCCCC/C=C\C/C=C\CCCCCCCCCC(=O)OC(COC(=O)CCCCCCCC/C=C\C/C=C\C/C=C\CCCCCCC)COC(=O)CCCCCCCCCCCCCC. The Bertz CT molecular complexity index is 1230. The van der Waals surface area contributed by atoms with Crippen LogP contribution in [0, 0.1) is 0 Å². The van der Waals surface area contributed by atoms with Crippen LogP contribution in [0.15, 0.2) is 60.8 Å². The second-order valence-corrected chi connectivity index (χ2v) is 19.6. The van der Waals surface area contributed by atoms with Gasteiger partial charge in [-0.05, 0) is 89.9 Å². The summed E-state index contributed by atoms with van der Waals surface area (Å²) in [5.41, 5.74) is 0. The van der Waals surface area contributed by atoms with Gasteiger partial charge in [-0.1, -0.05) is 248 Å². The molecule has 0 spiro atoms. The van der Waals surface area contributed by atoms with E-state index in [2.05, 4.69) is 81.5 Å². The van der Waals surface area contributed by atoms with Crippen molar-refractivity contribution in [3.05, 3.63) is 60.8 Å². The summed E-state index contributed by atoms with van der Waals surface area (Å²) in [5.74, 6) is -0.889. The third-order valence-electron chi connectivity index (χ3n) is 12.7. The van der Waals surface area contributed by atoms with E-state index in [9.17, 15) is 14.4 Å². The molecule has 0 amide bonds. The number of rotatable bonds is 53. The molecule has 394 valence electrons. The third-order valence-corrected chi connectivity index (χ3v) is 12.7. The molecule has 6 heteroatoms. The van der Waals surface area contributed by atoms with Crippen LogP contribution in [0.3, 0.4) is 0 Å². The molecule has 0 aromatic carbocycles. The summed E-state index contributed by atoms with van der Waals surface area (Å²) in [7, 11) is 0. The van der Waals surface area contributed by atoms with Crippen molar-refractivity contribution in [3.63, 3.8) is 0 Å². The summed E-state index contributed by atoms with van der Waals surface area (Å²) in [6.45, 7) is 6.61. The number of esters is 3. The highest BCUT2D eigenvalue weighted by atomic mass is 16.6. The molecule has 0 saturated carbocycles. The van der Waals surface area contributed by atoms with E-state index in [1.54, 1.807) is 0 Å². The number of ether oxygens (including phenoxy) is 3. The van der Waals surface area contributed by atoms with Crippen LogP contribution in [0.2, 0.25) is 0 Å². The summed E-state index contributed by atoms with van der Waals surface area (Å²) >= 11 is 0. The standard InChI is InChI=1S/C62H110O6/c1-4-7-10-13-16-19-22-25-27-29-30-31-32-34-35-37-40-43-46-49-52-55-61(64)67-58-59(57-66-60(63)54-51-48-45-42-39-24-21-18-15-12-9-6-3)68-62(65)56-53-50-47-44-41-38-36-33-28-26-23-20-17-14-11-8-5-2/h17,20,22,25-26,28-30,32,34,59H,4-16,18-19,21,23-24,27,31,33,35-58H2,1-3H3/b20-17-,25-22-,28-26-,30-29-,34-32-. The number of allylic oxidation sites excluding steroid dienone is 10. The van der Waals surface area contributed by atoms with Crippen molar-refractivity contribution in [2.45, 2.75) is 303 Å². The lowest BCUT2D eigenvalue weighted by Crippen LogP contribution is -2.30. The Morgan fingerprint density at radius 3 is 0.853 bits per heavy atom. The van der Waals surface area contributed by atoms with Gasteiger partial charge in [0, 0.05) is 19.3 Å². The second-order valence-electron chi connectivity index (χ2n) is 19.6. The molecular formula is C62H110O6. The maximum atomic E-state index is 12.9. The minimum absolute atomic E-state index is 0.0795. The molecule has 0 bridgehead atoms. The molecule has 0 radical (unpaired) electrons. The zero-order valence-electron chi connectivity index (χ0n) is 45.1. The zero-order valence-corrected chi connectivity index (χ0v) is 45.1. The number of carbonyl (C=O) groups is 3. The highest BCUT2D eigenvalue weighted by molar-refractivity contribution is 5.71. The predicted molar refractivity (Wildman–Crippen MR) is 293 cm³/mol. The van der Waals surface area contributed by atoms with Crippen molar-refractivity contribution in [2.24, 2.45) is 0 Å². The van der Waals surface area contributed by atoms with E-state index in [-0.39, 0.29) is 31.1 Å². The lowest BCUT2D eigenvalue weighted by Gasteiger charge is -2.18. The quantitative estimate of drug-likeness (QED) is 0.0262. The van der Waals surface area contributed by atoms with Crippen LogP contribution in [-0.2, 0) is 28.6 Å².